The van der Waals surface area contributed by atoms with Crippen LogP contribution in [0.5, 0.6) is 0 Å². The van der Waals surface area contributed by atoms with Gasteiger partial charge in [0.15, 0.2) is 5.76 Å². The second-order valence-corrected chi connectivity index (χ2v) is 7.31. The van der Waals surface area contributed by atoms with Crippen molar-refractivity contribution < 1.29 is 14.4 Å². The predicted molar refractivity (Wildman–Crippen MR) is 103 cm³/mol. The molecule has 0 unspecified atom stereocenters. The van der Waals surface area contributed by atoms with Gasteiger partial charge in [0, 0.05) is 16.5 Å². The van der Waals surface area contributed by atoms with E-state index in [1.165, 1.54) is 0 Å². The number of rotatable bonds is 5. The van der Waals surface area contributed by atoms with E-state index in [9.17, 15) is 9.90 Å². The number of carbonyl (C=O) groups is 1. The number of alkyl halides is 1. The standard InChI is InChI=1S/C21H18BrNO3/c1-13-18(12-22)19(26-23-13)16-4-2-14(3-5-16)15-6-8-17(9-7-15)21(10-11-21)20(24)25/h2-9H,10-12H2,1H3,(H,24,25). The Morgan fingerprint density at radius 2 is 1.62 bits per heavy atom. The minimum Gasteiger partial charge on any atom is -0.481 e. The summed E-state index contributed by atoms with van der Waals surface area (Å²) in [6, 6.07) is 16.0. The van der Waals surface area contributed by atoms with E-state index in [-0.39, 0.29) is 0 Å². The van der Waals surface area contributed by atoms with Crippen molar-refractivity contribution >= 4 is 21.9 Å². The smallest absolute Gasteiger partial charge is 0.314 e. The number of aromatic nitrogens is 1. The average molecular weight is 412 g/mol. The zero-order valence-corrected chi connectivity index (χ0v) is 15.9. The molecule has 4 nitrogen and oxygen atoms in total. The highest BCUT2D eigenvalue weighted by molar-refractivity contribution is 9.08. The van der Waals surface area contributed by atoms with Crippen LogP contribution < -0.4 is 0 Å². The van der Waals surface area contributed by atoms with E-state index in [2.05, 4.69) is 21.1 Å². The first kappa shape index (κ1) is 17.0. The largest absolute Gasteiger partial charge is 0.481 e. The van der Waals surface area contributed by atoms with E-state index in [0.29, 0.717) is 5.33 Å². The molecule has 1 N–H and O–H groups in total. The fraction of sp³-hybridized carbons (Fsp3) is 0.238. The van der Waals surface area contributed by atoms with Crippen LogP contribution in [0.3, 0.4) is 0 Å². The van der Waals surface area contributed by atoms with Gasteiger partial charge in [0.2, 0.25) is 0 Å². The first-order valence-corrected chi connectivity index (χ1v) is 9.63. The van der Waals surface area contributed by atoms with Gasteiger partial charge in [-0.3, -0.25) is 4.79 Å². The number of aliphatic carboxylic acids is 1. The molecule has 1 aliphatic carbocycles. The Labute approximate surface area is 160 Å². The first-order chi connectivity index (χ1) is 12.5. The Bertz CT molecular complexity index is 954. The van der Waals surface area contributed by atoms with Gasteiger partial charge in [-0.15, -0.1) is 0 Å². The quantitative estimate of drug-likeness (QED) is 0.576. The van der Waals surface area contributed by atoms with Gasteiger partial charge in [0.05, 0.1) is 11.1 Å². The Morgan fingerprint density at radius 1 is 1.08 bits per heavy atom. The maximum absolute atomic E-state index is 11.4. The Hall–Kier alpha value is -2.40. The van der Waals surface area contributed by atoms with Gasteiger partial charge >= 0.3 is 5.97 Å². The summed E-state index contributed by atoms with van der Waals surface area (Å²) in [6.07, 6.45) is 1.45. The fourth-order valence-corrected chi connectivity index (χ4v) is 3.98. The normalized spacial score (nSPS) is 15.0. The van der Waals surface area contributed by atoms with Gasteiger partial charge in [0.1, 0.15) is 0 Å². The highest BCUT2D eigenvalue weighted by atomic mass is 79.9. The monoisotopic (exact) mass is 411 g/mol. The van der Waals surface area contributed by atoms with Crippen molar-refractivity contribution in [3.8, 4) is 22.5 Å². The molecule has 0 saturated heterocycles. The van der Waals surface area contributed by atoms with Crippen molar-refractivity contribution in [1.29, 1.82) is 0 Å². The van der Waals surface area contributed by atoms with Crippen LogP contribution in [0.15, 0.2) is 53.1 Å². The van der Waals surface area contributed by atoms with Gasteiger partial charge in [-0.25, -0.2) is 0 Å². The van der Waals surface area contributed by atoms with Crippen LogP contribution >= 0.6 is 15.9 Å². The highest BCUT2D eigenvalue weighted by Crippen LogP contribution is 2.48. The van der Waals surface area contributed by atoms with Gasteiger partial charge in [-0.2, -0.15) is 0 Å². The Kier molecular flexibility index (Phi) is 4.19. The summed E-state index contributed by atoms with van der Waals surface area (Å²) in [4.78, 5) is 11.4. The summed E-state index contributed by atoms with van der Waals surface area (Å²) in [7, 11) is 0. The topological polar surface area (TPSA) is 63.3 Å². The molecule has 1 saturated carbocycles. The second-order valence-electron chi connectivity index (χ2n) is 6.75. The van der Waals surface area contributed by atoms with Gasteiger partial charge in [-0.05, 0) is 36.5 Å². The number of aryl methyl sites for hydroxylation is 1. The molecule has 4 rings (SSSR count). The van der Waals surface area contributed by atoms with E-state index in [1.54, 1.807) is 0 Å². The molecule has 0 aliphatic heterocycles. The molecule has 2 aromatic carbocycles. The number of carboxylic acid groups (broad SMARTS) is 1. The van der Waals surface area contributed by atoms with Crippen LogP contribution in [0.4, 0.5) is 0 Å². The molecule has 0 atom stereocenters. The Balaban J connectivity index is 1.60. The lowest BCUT2D eigenvalue weighted by Gasteiger charge is -2.11. The van der Waals surface area contributed by atoms with Crippen molar-refractivity contribution in [2.45, 2.75) is 30.5 Å². The van der Waals surface area contributed by atoms with E-state index in [4.69, 9.17) is 4.52 Å². The number of benzene rings is 2. The molecule has 1 heterocycles. The Morgan fingerprint density at radius 3 is 2.12 bits per heavy atom. The first-order valence-electron chi connectivity index (χ1n) is 8.51. The third-order valence-corrected chi connectivity index (χ3v) is 5.76. The number of nitrogens with zero attached hydrogens (tertiary/aromatic N) is 1. The van der Waals surface area contributed by atoms with Crippen molar-refractivity contribution in [2.24, 2.45) is 0 Å². The SMILES string of the molecule is Cc1noc(-c2ccc(-c3ccc(C4(C(=O)O)CC4)cc3)cc2)c1CBr. The number of halogens is 1. The lowest BCUT2D eigenvalue weighted by atomic mass is 9.93. The molecule has 0 radical (unpaired) electrons. The van der Waals surface area contributed by atoms with Crippen molar-refractivity contribution in [3.05, 3.63) is 65.4 Å². The van der Waals surface area contributed by atoms with Crippen molar-refractivity contribution in [3.63, 3.8) is 0 Å². The number of carboxylic acids is 1. The molecule has 5 heteroatoms. The van der Waals surface area contributed by atoms with Crippen LogP contribution in [-0.4, -0.2) is 16.2 Å². The maximum Gasteiger partial charge on any atom is 0.314 e. The maximum atomic E-state index is 11.4. The molecular formula is C21H18BrNO3. The molecular weight excluding hydrogens is 394 g/mol. The van der Waals surface area contributed by atoms with Crippen LogP contribution in [0, 0.1) is 6.92 Å². The zero-order chi connectivity index (χ0) is 18.3. The van der Waals surface area contributed by atoms with Crippen LogP contribution in [0.1, 0.15) is 29.7 Å². The predicted octanol–water partition coefficient (Wildman–Crippen LogP) is 5.33. The third kappa shape index (κ3) is 2.76. The lowest BCUT2D eigenvalue weighted by Crippen LogP contribution is -2.19. The van der Waals surface area contributed by atoms with Crippen LogP contribution in [0.25, 0.3) is 22.5 Å². The van der Waals surface area contributed by atoms with Gasteiger partial charge in [0.25, 0.3) is 0 Å². The average Bonchev–Trinajstić information content (AvgIpc) is 3.40. The van der Waals surface area contributed by atoms with E-state index < -0.39 is 11.4 Å². The van der Waals surface area contributed by atoms with E-state index >= 15 is 0 Å². The molecule has 132 valence electrons. The van der Waals surface area contributed by atoms with E-state index in [1.807, 2.05) is 55.5 Å². The molecule has 3 aromatic rings. The lowest BCUT2D eigenvalue weighted by molar-refractivity contribution is -0.140. The summed E-state index contributed by atoms with van der Waals surface area (Å²) in [6.45, 7) is 1.93. The third-order valence-electron chi connectivity index (χ3n) is 5.20. The number of hydrogen-bond acceptors (Lipinski definition) is 3. The zero-order valence-electron chi connectivity index (χ0n) is 14.3. The van der Waals surface area contributed by atoms with Gasteiger partial charge in [-0.1, -0.05) is 69.6 Å². The molecule has 26 heavy (non-hydrogen) atoms. The summed E-state index contributed by atoms with van der Waals surface area (Å²) < 4.78 is 5.46. The van der Waals surface area contributed by atoms with Crippen LogP contribution in [-0.2, 0) is 15.5 Å². The molecule has 1 aliphatic rings. The molecule has 0 amide bonds. The number of hydrogen-bond donors (Lipinski definition) is 1. The van der Waals surface area contributed by atoms with Crippen LogP contribution in [0.2, 0.25) is 0 Å². The van der Waals surface area contributed by atoms with Crippen molar-refractivity contribution in [2.75, 3.05) is 0 Å². The fourth-order valence-electron chi connectivity index (χ4n) is 3.32. The molecule has 1 aromatic heterocycles. The summed E-state index contributed by atoms with van der Waals surface area (Å²) in [5.74, 6) is 0.0676. The van der Waals surface area contributed by atoms with Gasteiger partial charge < -0.3 is 9.63 Å². The summed E-state index contributed by atoms with van der Waals surface area (Å²) in [5.41, 5.74) is 5.33. The molecule has 1 fully saturated rings. The minimum absolute atomic E-state index is 0.654. The minimum atomic E-state index is -0.723. The second kappa shape index (κ2) is 6.40. The van der Waals surface area contributed by atoms with E-state index in [0.717, 1.165) is 52.1 Å². The summed E-state index contributed by atoms with van der Waals surface area (Å²) >= 11 is 3.48. The molecule has 0 spiro atoms. The highest BCUT2D eigenvalue weighted by Gasteiger charge is 2.51. The van der Waals surface area contributed by atoms with Crippen molar-refractivity contribution in [1.82, 2.24) is 5.16 Å². The molecule has 0 bridgehead atoms. The summed E-state index contributed by atoms with van der Waals surface area (Å²) in [5, 5.41) is 14.2.